The van der Waals surface area contributed by atoms with Gasteiger partial charge < -0.3 is 19.7 Å². The number of hydrogen-bond donors (Lipinski definition) is 2. The summed E-state index contributed by atoms with van der Waals surface area (Å²) in [6, 6.07) is 4.16. The van der Waals surface area contributed by atoms with Crippen molar-refractivity contribution in [2.24, 2.45) is 5.92 Å². The van der Waals surface area contributed by atoms with Crippen LogP contribution in [0.25, 0.3) is 6.08 Å². The lowest BCUT2D eigenvalue weighted by Crippen LogP contribution is -2.17. The Balaban J connectivity index is 2.32. The quantitative estimate of drug-likeness (QED) is 0.347. The van der Waals surface area contributed by atoms with Crippen LogP contribution in [0.1, 0.15) is 25.8 Å². The van der Waals surface area contributed by atoms with Gasteiger partial charge >= 0.3 is 11.9 Å². The van der Waals surface area contributed by atoms with Crippen molar-refractivity contribution in [1.82, 2.24) is 0 Å². The molecule has 0 aliphatic heterocycles. The molecule has 120 valence electrons. The van der Waals surface area contributed by atoms with Crippen LogP contribution in [0.5, 0.6) is 11.5 Å². The molecular formula is C16H20O6. The highest BCUT2D eigenvalue weighted by Crippen LogP contribution is 2.25. The zero-order valence-corrected chi connectivity index (χ0v) is 12.6. The molecule has 6 heteroatoms. The van der Waals surface area contributed by atoms with Crippen LogP contribution in [0.15, 0.2) is 24.3 Å². The van der Waals surface area contributed by atoms with Crippen molar-refractivity contribution in [3.63, 3.8) is 0 Å². The van der Waals surface area contributed by atoms with E-state index in [1.807, 2.05) is 6.92 Å². The summed E-state index contributed by atoms with van der Waals surface area (Å²) in [7, 11) is 0. The average molecular weight is 308 g/mol. The molecule has 0 fully saturated rings. The first-order valence-corrected chi connectivity index (χ1v) is 6.97. The highest BCUT2D eigenvalue weighted by Gasteiger charge is 2.11. The molecule has 1 aromatic carbocycles. The highest BCUT2D eigenvalue weighted by atomic mass is 16.6. The van der Waals surface area contributed by atoms with Crippen molar-refractivity contribution >= 4 is 18.0 Å². The van der Waals surface area contributed by atoms with Crippen LogP contribution in [0.4, 0.5) is 0 Å². The van der Waals surface area contributed by atoms with E-state index in [0.29, 0.717) is 12.0 Å². The van der Waals surface area contributed by atoms with Gasteiger partial charge in [-0.2, -0.15) is 0 Å². The third-order valence-electron chi connectivity index (χ3n) is 3.00. The summed E-state index contributed by atoms with van der Waals surface area (Å²) >= 11 is 0. The third kappa shape index (κ3) is 5.87. The lowest BCUT2D eigenvalue weighted by atomic mass is 10.1. The van der Waals surface area contributed by atoms with E-state index < -0.39 is 5.97 Å². The van der Waals surface area contributed by atoms with Crippen molar-refractivity contribution in [2.45, 2.75) is 20.3 Å². The van der Waals surface area contributed by atoms with Gasteiger partial charge in [0.05, 0.1) is 5.92 Å². The molecule has 6 nitrogen and oxygen atoms in total. The van der Waals surface area contributed by atoms with Gasteiger partial charge in [0.2, 0.25) is 0 Å². The predicted octanol–water partition coefficient (Wildman–Crippen LogP) is 2.24. The SMILES string of the molecule is CCC(C)C(=O)OCCOC(=O)/C=C/c1ccc(O)c(O)c1. The summed E-state index contributed by atoms with van der Waals surface area (Å²) < 4.78 is 9.80. The number of benzene rings is 1. The van der Waals surface area contributed by atoms with Crippen molar-refractivity contribution in [3.05, 3.63) is 29.8 Å². The molecule has 1 atom stereocenters. The predicted molar refractivity (Wildman–Crippen MR) is 80.2 cm³/mol. The van der Waals surface area contributed by atoms with E-state index in [9.17, 15) is 14.7 Å². The van der Waals surface area contributed by atoms with E-state index in [4.69, 9.17) is 14.6 Å². The van der Waals surface area contributed by atoms with Gasteiger partial charge in [-0.3, -0.25) is 4.79 Å². The Bertz CT molecular complexity index is 550. The molecule has 2 N–H and O–H groups in total. The number of phenols is 2. The molecule has 22 heavy (non-hydrogen) atoms. The molecule has 0 aromatic heterocycles. The zero-order chi connectivity index (χ0) is 16.5. The largest absolute Gasteiger partial charge is 0.504 e. The van der Waals surface area contributed by atoms with E-state index in [1.54, 1.807) is 6.92 Å². The summed E-state index contributed by atoms with van der Waals surface area (Å²) in [5.74, 6) is -1.58. The van der Waals surface area contributed by atoms with Crippen molar-refractivity contribution in [1.29, 1.82) is 0 Å². The highest BCUT2D eigenvalue weighted by molar-refractivity contribution is 5.87. The topological polar surface area (TPSA) is 93.1 Å². The molecular weight excluding hydrogens is 288 g/mol. The maximum atomic E-state index is 11.4. The summed E-state index contributed by atoms with van der Waals surface area (Å²) in [4.78, 5) is 22.8. The monoisotopic (exact) mass is 308 g/mol. The number of esters is 2. The van der Waals surface area contributed by atoms with Gasteiger partial charge in [-0.1, -0.05) is 19.9 Å². The first-order valence-electron chi connectivity index (χ1n) is 6.97. The number of aromatic hydroxyl groups is 2. The Morgan fingerprint density at radius 1 is 1.18 bits per heavy atom. The Morgan fingerprint density at radius 2 is 1.86 bits per heavy atom. The van der Waals surface area contributed by atoms with Crippen LogP contribution in [0, 0.1) is 5.92 Å². The van der Waals surface area contributed by atoms with Crippen LogP contribution in [-0.2, 0) is 19.1 Å². The minimum absolute atomic E-state index is 0.0166. The molecule has 0 heterocycles. The third-order valence-corrected chi connectivity index (χ3v) is 3.00. The van der Waals surface area contributed by atoms with Crippen LogP contribution in [0.3, 0.4) is 0 Å². The lowest BCUT2D eigenvalue weighted by Gasteiger charge is -2.08. The first kappa shape index (κ1) is 17.6. The Morgan fingerprint density at radius 3 is 2.50 bits per heavy atom. The number of ether oxygens (including phenoxy) is 2. The maximum Gasteiger partial charge on any atom is 0.330 e. The molecule has 1 rings (SSSR count). The van der Waals surface area contributed by atoms with Gasteiger partial charge in [0.25, 0.3) is 0 Å². The Hall–Kier alpha value is -2.50. The summed E-state index contributed by atoms with van der Waals surface area (Å²) in [6.07, 6.45) is 3.32. The Labute approximate surface area is 129 Å². The second kappa shape index (κ2) is 8.71. The molecule has 0 spiro atoms. The average Bonchev–Trinajstić information content (AvgIpc) is 2.51. The molecule has 1 unspecified atom stereocenters. The first-order chi connectivity index (χ1) is 10.4. The number of phenolic OH excluding ortho intramolecular Hbond substituents is 2. The maximum absolute atomic E-state index is 11.4. The van der Waals surface area contributed by atoms with E-state index in [0.717, 1.165) is 0 Å². The van der Waals surface area contributed by atoms with Crippen LogP contribution < -0.4 is 0 Å². The number of carbonyl (C=O) groups excluding carboxylic acids is 2. The van der Waals surface area contributed by atoms with Gasteiger partial charge in [0, 0.05) is 6.08 Å². The standard InChI is InChI=1S/C16H20O6/c1-3-11(2)16(20)22-9-8-21-15(19)7-5-12-4-6-13(17)14(18)10-12/h4-7,10-11,17-18H,3,8-9H2,1-2H3/b7-5+. The fraction of sp³-hybridized carbons (Fsp3) is 0.375. The van der Waals surface area contributed by atoms with E-state index in [1.165, 1.54) is 30.4 Å². The van der Waals surface area contributed by atoms with E-state index in [-0.39, 0.29) is 36.6 Å². The minimum Gasteiger partial charge on any atom is -0.504 e. The second-order valence-electron chi connectivity index (χ2n) is 4.73. The number of hydrogen-bond acceptors (Lipinski definition) is 6. The van der Waals surface area contributed by atoms with Crippen LogP contribution in [0.2, 0.25) is 0 Å². The normalized spacial score (nSPS) is 12.1. The van der Waals surface area contributed by atoms with Gasteiger partial charge in [0.1, 0.15) is 13.2 Å². The molecule has 0 radical (unpaired) electrons. The second-order valence-corrected chi connectivity index (χ2v) is 4.73. The molecule has 0 aliphatic rings. The molecule has 0 saturated heterocycles. The van der Waals surface area contributed by atoms with Gasteiger partial charge in [-0.15, -0.1) is 0 Å². The van der Waals surface area contributed by atoms with E-state index >= 15 is 0 Å². The van der Waals surface area contributed by atoms with E-state index in [2.05, 4.69) is 0 Å². The smallest absolute Gasteiger partial charge is 0.330 e. The minimum atomic E-state index is -0.591. The van der Waals surface area contributed by atoms with Crippen molar-refractivity contribution < 1.29 is 29.3 Å². The summed E-state index contributed by atoms with van der Waals surface area (Å²) in [6.45, 7) is 3.65. The van der Waals surface area contributed by atoms with Gasteiger partial charge in [-0.05, 0) is 30.2 Å². The van der Waals surface area contributed by atoms with Crippen molar-refractivity contribution in [2.75, 3.05) is 13.2 Å². The molecule has 0 bridgehead atoms. The molecule has 0 saturated carbocycles. The number of rotatable bonds is 7. The Kier molecular flexibility index (Phi) is 6.95. The molecule has 0 amide bonds. The molecule has 1 aromatic rings. The van der Waals surface area contributed by atoms with Gasteiger partial charge in [-0.25, -0.2) is 4.79 Å². The van der Waals surface area contributed by atoms with Gasteiger partial charge in [0.15, 0.2) is 11.5 Å². The van der Waals surface area contributed by atoms with Crippen LogP contribution >= 0.6 is 0 Å². The fourth-order valence-electron chi connectivity index (χ4n) is 1.45. The van der Waals surface area contributed by atoms with Crippen LogP contribution in [-0.4, -0.2) is 35.4 Å². The zero-order valence-electron chi connectivity index (χ0n) is 12.6. The number of carbonyl (C=O) groups is 2. The fourth-order valence-corrected chi connectivity index (χ4v) is 1.45. The van der Waals surface area contributed by atoms with Crippen molar-refractivity contribution in [3.8, 4) is 11.5 Å². The molecule has 0 aliphatic carbocycles. The summed E-state index contributed by atoms with van der Waals surface area (Å²) in [5.41, 5.74) is 0.537. The summed E-state index contributed by atoms with van der Waals surface area (Å²) in [5, 5.41) is 18.5. The lowest BCUT2D eigenvalue weighted by molar-refractivity contribution is -0.152.